The number of aromatic nitrogens is 6. The average molecular weight is 387 g/mol. The predicted octanol–water partition coefficient (Wildman–Crippen LogP) is 1.83. The van der Waals surface area contributed by atoms with Gasteiger partial charge in [0, 0.05) is 11.8 Å². The molecule has 2 aromatic carbocycles. The van der Waals surface area contributed by atoms with E-state index in [1.54, 1.807) is 24.3 Å². The van der Waals surface area contributed by atoms with E-state index in [9.17, 15) is 9.59 Å². The van der Waals surface area contributed by atoms with Crippen molar-refractivity contribution in [3.05, 3.63) is 94.2 Å². The molecular formula is C20H17N7O2. The first-order chi connectivity index (χ1) is 14.1. The van der Waals surface area contributed by atoms with Crippen LogP contribution in [0.25, 0.3) is 5.69 Å². The van der Waals surface area contributed by atoms with E-state index in [1.165, 1.54) is 27.8 Å². The van der Waals surface area contributed by atoms with Gasteiger partial charge in [0.05, 0.1) is 12.2 Å². The zero-order valence-electron chi connectivity index (χ0n) is 15.6. The standard InChI is InChI=1S/C20H17N7O2/c1-14-2-4-15(5-3-14)12-26-19(28)11-10-18(23-26)20(29)22-16-6-8-17(9-7-16)27-13-21-24-25-27/h2-11,13H,12H2,1H3,(H,22,29). The van der Waals surface area contributed by atoms with E-state index in [-0.39, 0.29) is 11.3 Å². The summed E-state index contributed by atoms with van der Waals surface area (Å²) in [5.74, 6) is -0.405. The normalized spacial score (nSPS) is 10.7. The second-order valence-electron chi connectivity index (χ2n) is 6.46. The number of carbonyl (C=O) groups excluding carboxylic acids is 1. The fourth-order valence-corrected chi connectivity index (χ4v) is 2.72. The van der Waals surface area contributed by atoms with Crippen molar-refractivity contribution < 1.29 is 4.79 Å². The molecule has 0 radical (unpaired) electrons. The number of nitrogens with one attached hydrogen (secondary N) is 1. The summed E-state index contributed by atoms with van der Waals surface area (Å²) in [4.78, 5) is 24.7. The van der Waals surface area contributed by atoms with Gasteiger partial charge < -0.3 is 5.32 Å². The lowest BCUT2D eigenvalue weighted by atomic mass is 10.1. The van der Waals surface area contributed by atoms with Crippen molar-refractivity contribution in [3.8, 4) is 5.69 Å². The number of amides is 1. The minimum Gasteiger partial charge on any atom is -0.321 e. The number of carbonyl (C=O) groups is 1. The Morgan fingerprint density at radius 2 is 1.76 bits per heavy atom. The molecule has 2 heterocycles. The Morgan fingerprint density at radius 3 is 2.45 bits per heavy atom. The zero-order valence-corrected chi connectivity index (χ0v) is 15.6. The van der Waals surface area contributed by atoms with Crippen LogP contribution in [0.5, 0.6) is 0 Å². The zero-order chi connectivity index (χ0) is 20.2. The lowest BCUT2D eigenvalue weighted by molar-refractivity contribution is 0.102. The second kappa shape index (κ2) is 7.85. The number of anilines is 1. The van der Waals surface area contributed by atoms with Gasteiger partial charge in [0.1, 0.15) is 12.0 Å². The molecule has 0 aliphatic heterocycles. The lowest BCUT2D eigenvalue weighted by Crippen LogP contribution is -2.26. The third-order valence-corrected chi connectivity index (χ3v) is 4.29. The van der Waals surface area contributed by atoms with Crippen molar-refractivity contribution in [3.63, 3.8) is 0 Å². The van der Waals surface area contributed by atoms with E-state index in [0.717, 1.165) is 16.8 Å². The maximum Gasteiger partial charge on any atom is 0.276 e. The molecule has 0 bridgehead atoms. The number of rotatable bonds is 5. The van der Waals surface area contributed by atoms with E-state index in [1.807, 2.05) is 31.2 Å². The number of benzene rings is 2. The Hall–Kier alpha value is -4.14. The topological polar surface area (TPSA) is 108 Å². The van der Waals surface area contributed by atoms with Gasteiger partial charge in [-0.05, 0) is 53.2 Å². The molecule has 144 valence electrons. The summed E-state index contributed by atoms with van der Waals surface area (Å²) < 4.78 is 2.79. The predicted molar refractivity (Wildman–Crippen MR) is 106 cm³/mol. The average Bonchev–Trinajstić information content (AvgIpc) is 3.27. The monoisotopic (exact) mass is 387 g/mol. The van der Waals surface area contributed by atoms with Crippen molar-refractivity contribution in [2.75, 3.05) is 5.32 Å². The minimum atomic E-state index is -0.405. The largest absolute Gasteiger partial charge is 0.321 e. The van der Waals surface area contributed by atoms with Crippen LogP contribution >= 0.6 is 0 Å². The van der Waals surface area contributed by atoms with Crippen LogP contribution in [0, 0.1) is 6.92 Å². The van der Waals surface area contributed by atoms with Crippen LogP contribution in [0.15, 0.2) is 71.8 Å². The van der Waals surface area contributed by atoms with Crippen LogP contribution in [0.3, 0.4) is 0 Å². The number of aryl methyl sites for hydroxylation is 1. The van der Waals surface area contributed by atoms with Crippen LogP contribution in [0.1, 0.15) is 21.6 Å². The van der Waals surface area contributed by atoms with Crippen LogP contribution in [-0.2, 0) is 6.54 Å². The lowest BCUT2D eigenvalue weighted by Gasteiger charge is -2.09. The highest BCUT2D eigenvalue weighted by Gasteiger charge is 2.11. The van der Waals surface area contributed by atoms with Crippen molar-refractivity contribution in [1.82, 2.24) is 30.0 Å². The van der Waals surface area contributed by atoms with Gasteiger partial charge in [0.15, 0.2) is 0 Å². The van der Waals surface area contributed by atoms with Crippen LogP contribution < -0.4 is 10.9 Å². The van der Waals surface area contributed by atoms with Crippen molar-refractivity contribution >= 4 is 11.6 Å². The molecule has 4 aromatic rings. The van der Waals surface area contributed by atoms with Gasteiger partial charge in [0.2, 0.25) is 0 Å². The van der Waals surface area contributed by atoms with Crippen LogP contribution in [-0.4, -0.2) is 35.9 Å². The molecule has 0 fully saturated rings. The summed E-state index contributed by atoms with van der Waals surface area (Å²) in [7, 11) is 0. The highest BCUT2D eigenvalue weighted by Crippen LogP contribution is 2.13. The smallest absolute Gasteiger partial charge is 0.276 e. The summed E-state index contributed by atoms with van der Waals surface area (Å²) >= 11 is 0. The van der Waals surface area contributed by atoms with Crippen molar-refractivity contribution in [2.45, 2.75) is 13.5 Å². The summed E-state index contributed by atoms with van der Waals surface area (Å²) in [6, 6.07) is 17.6. The van der Waals surface area contributed by atoms with Gasteiger partial charge in [0.25, 0.3) is 11.5 Å². The molecule has 2 aromatic heterocycles. The minimum absolute atomic E-state index is 0.154. The van der Waals surface area contributed by atoms with Gasteiger partial charge in [-0.15, -0.1) is 5.10 Å². The van der Waals surface area contributed by atoms with E-state index in [4.69, 9.17) is 0 Å². The van der Waals surface area contributed by atoms with Gasteiger partial charge in [-0.2, -0.15) is 5.10 Å². The van der Waals surface area contributed by atoms with Crippen LogP contribution in [0.4, 0.5) is 5.69 Å². The maximum atomic E-state index is 12.6. The van der Waals surface area contributed by atoms with Gasteiger partial charge in [-0.25, -0.2) is 9.36 Å². The SMILES string of the molecule is Cc1ccc(Cn2nc(C(=O)Nc3ccc(-n4cnnn4)cc3)ccc2=O)cc1. The van der Waals surface area contributed by atoms with Gasteiger partial charge in [-0.3, -0.25) is 9.59 Å². The Balaban J connectivity index is 1.50. The summed E-state index contributed by atoms with van der Waals surface area (Å²) in [5.41, 5.74) is 3.30. The Labute approximate surface area is 165 Å². The fourth-order valence-electron chi connectivity index (χ4n) is 2.72. The molecule has 9 nitrogen and oxygen atoms in total. The summed E-state index contributed by atoms with van der Waals surface area (Å²) in [6.45, 7) is 2.29. The van der Waals surface area contributed by atoms with Crippen LogP contribution in [0.2, 0.25) is 0 Å². The second-order valence-corrected chi connectivity index (χ2v) is 6.46. The molecule has 0 aliphatic carbocycles. The third-order valence-electron chi connectivity index (χ3n) is 4.29. The van der Waals surface area contributed by atoms with E-state index in [2.05, 4.69) is 25.9 Å². The molecular weight excluding hydrogens is 370 g/mol. The molecule has 4 rings (SSSR count). The van der Waals surface area contributed by atoms with E-state index >= 15 is 0 Å². The Kier molecular flexibility index (Phi) is 4.93. The Bertz CT molecular complexity index is 1180. The summed E-state index contributed by atoms with van der Waals surface area (Å²) in [6.07, 6.45) is 1.48. The number of hydrogen-bond acceptors (Lipinski definition) is 6. The summed E-state index contributed by atoms with van der Waals surface area (Å²) in [5, 5.41) is 18.0. The molecule has 29 heavy (non-hydrogen) atoms. The number of nitrogens with zero attached hydrogens (tertiary/aromatic N) is 6. The van der Waals surface area contributed by atoms with Crippen molar-refractivity contribution in [2.24, 2.45) is 0 Å². The first kappa shape index (κ1) is 18.2. The quantitative estimate of drug-likeness (QED) is 0.560. The highest BCUT2D eigenvalue weighted by molar-refractivity contribution is 6.02. The molecule has 1 N–H and O–H groups in total. The molecule has 0 atom stereocenters. The molecule has 0 unspecified atom stereocenters. The first-order valence-corrected chi connectivity index (χ1v) is 8.87. The van der Waals surface area contributed by atoms with Crippen molar-refractivity contribution in [1.29, 1.82) is 0 Å². The van der Waals surface area contributed by atoms with E-state index in [0.29, 0.717) is 12.2 Å². The van der Waals surface area contributed by atoms with Gasteiger partial charge >= 0.3 is 0 Å². The van der Waals surface area contributed by atoms with E-state index < -0.39 is 5.91 Å². The highest BCUT2D eigenvalue weighted by atomic mass is 16.2. The molecule has 0 saturated heterocycles. The number of tetrazole rings is 1. The molecule has 9 heteroatoms. The first-order valence-electron chi connectivity index (χ1n) is 8.87. The molecule has 0 aliphatic rings. The molecule has 0 saturated carbocycles. The Morgan fingerprint density at radius 1 is 1.00 bits per heavy atom. The molecule has 0 spiro atoms. The maximum absolute atomic E-state index is 12.6. The third kappa shape index (κ3) is 4.24. The number of hydrogen-bond donors (Lipinski definition) is 1. The fraction of sp³-hybridized carbons (Fsp3) is 0.100. The molecule has 1 amide bonds. The van der Waals surface area contributed by atoms with Gasteiger partial charge in [-0.1, -0.05) is 29.8 Å².